The molecule has 0 aliphatic carbocycles. The van der Waals surface area contributed by atoms with Gasteiger partial charge >= 0.3 is 0 Å². The van der Waals surface area contributed by atoms with Gasteiger partial charge < -0.3 is 10.1 Å². The van der Waals surface area contributed by atoms with Crippen LogP contribution in [-0.2, 0) is 0 Å². The van der Waals surface area contributed by atoms with E-state index >= 15 is 0 Å². The van der Waals surface area contributed by atoms with Crippen LogP contribution in [0.3, 0.4) is 0 Å². The second-order valence-corrected chi connectivity index (χ2v) is 3.88. The van der Waals surface area contributed by atoms with E-state index in [0.717, 1.165) is 6.54 Å². The molecule has 1 N–H and O–H groups in total. The van der Waals surface area contributed by atoms with Crippen molar-refractivity contribution in [1.29, 1.82) is 0 Å². The zero-order valence-electron chi connectivity index (χ0n) is 9.89. The summed E-state index contributed by atoms with van der Waals surface area (Å²) in [4.78, 5) is 3.80. The number of hydrogen-bond donors (Lipinski definition) is 1. The van der Waals surface area contributed by atoms with Gasteiger partial charge in [0, 0.05) is 0 Å². The highest BCUT2D eigenvalue weighted by molar-refractivity contribution is 6.33. The van der Waals surface area contributed by atoms with E-state index in [-0.39, 0.29) is 0 Å². The molecule has 1 heterocycles. The Hall–Kier alpha value is -0.510. The Bertz CT molecular complexity index is 291. The van der Waals surface area contributed by atoms with E-state index in [0.29, 0.717) is 16.1 Å². The first-order valence-electron chi connectivity index (χ1n) is 5.16. The summed E-state index contributed by atoms with van der Waals surface area (Å²) in [5.74, 6) is 0.356. The number of nitrogens with one attached hydrogen (secondary N) is 1. The number of ether oxygens (including phenoxy) is 1. The Morgan fingerprint density at radius 3 is 2.44 bits per heavy atom. The third kappa shape index (κ3) is 6.88. The lowest BCUT2D eigenvalue weighted by Gasteiger charge is -1.99. The molecule has 0 unspecified atom stereocenters. The average Bonchev–Trinajstić information content (AvgIpc) is 2.30. The molecular formula is C11H18Cl2N2O. The summed E-state index contributed by atoms with van der Waals surface area (Å²) in [6.07, 6.45) is 2.59. The van der Waals surface area contributed by atoms with E-state index in [1.807, 2.05) is 7.05 Å². The molecule has 0 spiro atoms. The molecular weight excluding hydrogens is 247 g/mol. The third-order valence-electron chi connectivity index (χ3n) is 1.75. The quantitative estimate of drug-likeness (QED) is 0.669. The number of unbranched alkanes of at least 4 members (excludes halogenated alkanes) is 1. The van der Waals surface area contributed by atoms with E-state index in [9.17, 15) is 0 Å². The van der Waals surface area contributed by atoms with Crippen LogP contribution in [0.25, 0.3) is 0 Å². The summed E-state index contributed by atoms with van der Waals surface area (Å²) in [7, 11) is 3.47. The normalized spacial score (nSPS) is 9.31. The Labute approximate surface area is 107 Å². The lowest BCUT2D eigenvalue weighted by atomic mass is 10.3. The van der Waals surface area contributed by atoms with Crippen molar-refractivity contribution in [2.24, 2.45) is 0 Å². The second kappa shape index (κ2) is 9.70. The number of halogens is 2. The largest absolute Gasteiger partial charge is 0.480 e. The average molecular weight is 265 g/mol. The summed E-state index contributed by atoms with van der Waals surface area (Å²) in [6.45, 7) is 3.36. The highest BCUT2D eigenvalue weighted by atomic mass is 35.5. The molecule has 0 aliphatic heterocycles. The van der Waals surface area contributed by atoms with Crippen LogP contribution in [-0.4, -0.2) is 25.7 Å². The van der Waals surface area contributed by atoms with Gasteiger partial charge in [0.05, 0.1) is 7.11 Å². The minimum absolute atomic E-state index is 0.356. The maximum Gasteiger partial charge on any atom is 0.233 e. The summed E-state index contributed by atoms with van der Waals surface area (Å²) in [5.41, 5.74) is 0. The number of methoxy groups -OCH3 is 1. The molecule has 1 aromatic heterocycles. The van der Waals surface area contributed by atoms with Crippen molar-refractivity contribution >= 4 is 23.2 Å². The molecule has 16 heavy (non-hydrogen) atoms. The van der Waals surface area contributed by atoms with Gasteiger partial charge in [-0.25, -0.2) is 4.98 Å². The Kier molecular flexibility index (Phi) is 9.39. The fraction of sp³-hybridized carbons (Fsp3) is 0.545. The summed E-state index contributed by atoms with van der Waals surface area (Å²) in [6, 6.07) is 3.24. The number of nitrogens with zero attached hydrogens (tertiary/aromatic N) is 1. The number of aromatic nitrogens is 1. The molecule has 0 aliphatic rings. The first kappa shape index (κ1) is 15.5. The van der Waals surface area contributed by atoms with E-state index < -0.39 is 0 Å². The predicted molar refractivity (Wildman–Crippen MR) is 69.6 cm³/mol. The van der Waals surface area contributed by atoms with Crippen LogP contribution in [0.2, 0.25) is 10.2 Å². The van der Waals surface area contributed by atoms with Crippen LogP contribution < -0.4 is 10.1 Å². The molecule has 3 nitrogen and oxygen atoms in total. The molecule has 0 aromatic carbocycles. The van der Waals surface area contributed by atoms with Crippen LogP contribution >= 0.6 is 23.2 Å². The fourth-order valence-corrected chi connectivity index (χ4v) is 1.22. The zero-order valence-corrected chi connectivity index (χ0v) is 11.4. The minimum atomic E-state index is 0.356. The topological polar surface area (TPSA) is 34.1 Å². The number of pyridine rings is 1. The molecule has 1 rings (SSSR count). The van der Waals surface area contributed by atoms with Gasteiger partial charge in [-0.1, -0.05) is 36.5 Å². The fourth-order valence-electron chi connectivity index (χ4n) is 0.898. The van der Waals surface area contributed by atoms with Crippen molar-refractivity contribution in [3.63, 3.8) is 0 Å². The van der Waals surface area contributed by atoms with Gasteiger partial charge in [0.25, 0.3) is 0 Å². The zero-order chi connectivity index (χ0) is 12.4. The van der Waals surface area contributed by atoms with Gasteiger partial charge in [0.2, 0.25) is 5.88 Å². The van der Waals surface area contributed by atoms with Crippen molar-refractivity contribution < 1.29 is 4.74 Å². The standard InChI is InChI=1S/C6H5Cl2NO.C5H13N/c1-10-6-4(7)2-3-5(8)9-6;1-3-4-5-6-2/h2-3H,1H3;6H,3-5H2,1-2H3. The van der Waals surface area contributed by atoms with Crippen LogP contribution in [0.1, 0.15) is 19.8 Å². The van der Waals surface area contributed by atoms with Crippen molar-refractivity contribution in [1.82, 2.24) is 10.3 Å². The van der Waals surface area contributed by atoms with Crippen molar-refractivity contribution in [2.45, 2.75) is 19.8 Å². The number of rotatable bonds is 4. The van der Waals surface area contributed by atoms with E-state index in [1.165, 1.54) is 20.0 Å². The number of hydrogen-bond acceptors (Lipinski definition) is 3. The first-order chi connectivity index (χ1) is 7.65. The molecule has 92 valence electrons. The predicted octanol–water partition coefficient (Wildman–Crippen LogP) is 3.40. The van der Waals surface area contributed by atoms with Gasteiger partial charge in [-0.3, -0.25) is 0 Å². The molecule has 1 aromatic rings. The van der Waals surface area contributed by atoms with Crippen molar-refractivity contribution in [2.75, 3.05) is 20.7 Å². The monoisotopic (exact) mass is 264 g/mol. The molecule has 0 fully saturated rings. The van der Waals surface area contributed by atoms with E-state index in [1.54, 1.807) is 12.1 Å². The lowest BCUT2D eigenvalue weighted by molar-refractivity contribution is 0.398. The third-order valence-corrected chi connectivity index (χ3v) is 2.25. The molecule has 0 bridgehead atoms. The molecule has 0 saturated carbocycles. The minimum Gasteiger partial charge on any atom is -0.480 e. The van der Waals surface area contributed by atoms with Crippen LogP contribution in [0.15, 0.2) is 12.1 Å². The summed E-state index contributed by atoms with van der Waals surface area (Å²) < 4.78 is 4.80. The maximum atomic E-state index is 5.65. The maximum absolute atomic E-state index is 5.65. The highest BCUT2D eigenvalue weighted by Crippen LogP contribution is 2.22. The molecule has 0 radical (unpaired) electrons. The molecule has 0 amide bonds. The first-order valence-corrected chi connectivity index (χ1v) is 5.91. The van der Waals surface area contributed by atoms with Gasteiger partial charge in [-0.05, 0) is 32.1 Å². The molecule has 0 saturated heterocycles. The van der Waals surface area contributed by atoms with Crippen LogP contribution in [0.5, 0.6) is 5.88 Å². The van der Waals surface area contributed by atoms with Crippen molar-refractivity contribution in [3.05, 3.63) is 22.3 Å². The summed E-state index contributed by atoms with van der Waals surface area (Å²) >= 11 is 11.2. The SMILES string of the molecule is CCCCNC.COc1nc(Cl)ccc1Cl. The smallest absolute Gasteiger partial charge is 0.233 e. The van der Waals surface area contributed by atoms with Gasteiger partial charge in [0.1, 0.15) is 10.2 Å². The Balaban J connectivity index is 0.000000325. The van der Waals surface area contributed by atoms with Crippen LogP contribution in [0.4, 0.5) is 0 Å². The van der Waals surface area contributed by atoms with Gasteiger partial charge in [-0.15, -0.1) is 0 Å². The van der Waals surface area contributed by atoms with Gasteiger partial charge in [0.15, 0.2) is 0 Å². The Morgan fingerprint density at radius 2 is 2.06 bits per heavy atom. The van der Waals surface area contributed by atoms with Crippen molar-refractivity contribution in [3.8, 4) is 5.88 Å². The molecule has 0 atom stereocenters. The summed E-state index contributed by atoms with van der Waals surface area (Å²) in [5, 5.41) is 3.91. The highest BCUT2D eigenvalue weighted by Gasteiger charge is 2.00. The lowest BCUT2D eigenvalue weighted by Crippen LogP contribution is -2.06. The Morgan fingerprint density at radius 1 is 1.38 bits per heavy atom. The van der Waals surface area contributed by atoms with E-state index in [2.05, 4.69) is 17.2 Å². The molecule has 5 heteroatoms. The van der Waals surface area contributed by atoms with E-state index in [4.69, 9.17) is 27.9 Å². The van der Waals surface area contributed by atoms with Gasteiger partial charge in [-0.2, -0.15) is 0 Å². The van der Waals surface area contributed by atoms with Crippen LogP contribution in [0, 0.1) is 0 Å². The second-order valence-electron chi connectivity index (χ2n) is 3.08.